The fraction of sp³-hybridized carbons (Fsp3) is 0.727. The van der Waals surface area contributed by atoms with Crippen molar-refractivity contribution in [2.75, 3.05) is 0 Å². The van der Waals surface area contributed by atoms with Gasteiger partial charge in [-0.3, -0.25) is 9.78 Å². The highest BCUT2D eigenvalue weighted by Gasteiger charge is 2.14. The molecule has 0 N–H and O–H groups in total. The lowest BCUT2D eigenvalue weighted by molar-refractivity contribution is -0.120. The monoisotopic (exact) mass is 331 g/mol. The average molecular weight is 332 g/mol. The number of ketones is 1. The molecule has 0 saturated carbocycles. The van der Waals surface area contributed by atoms with Crippen molar-refractivity contribution in [2.45, 2.75) is 97.3 Å². The maximum atomic E-state index is 11.8. The molecule has 0 aliphatic heterocycles. The molecule has 1 aromatic heterocycles. The van der Waals surface area contributed by atoms with E-state index in [4.69, 9.17) is 0 Å². The molecule has 0 fully saturated rings. The standard InChI is InChI=1S/C22H37NO/c1-3-4-5-6-7-8-9-10-11-12-13-16-22(20(2)24)18-21-15-14-17-23-19-21/h14-15,17,19,22H,3-13,16,18H2,1-2H3. The zero-order valence-corrected chi connectivity index (χ0v) is 15.9. The summed E-state index contributed by atoms with van der Waals surface area (Å²) in [7, 11) is 0. The van der Waals surface area contributed by atoms with Crippen LogP contribution in [0.4, 0.5) is 0 Å². The van der Waals surface area contributed by atoms with Crippen molar-refractivity contribution in [2.24, 2.45) is 5.92 Å². The van der Waals surface area contributed by atoms with Crippen molar-refractivity contribution >= 4 is 5.78 Å². The van der Waals surface area contributed by atoms with Crippen LogP contribution < -0.4 is 0 Å². The number of aromatic nitrogens is 1. The summed E-state index contributed by atoms with van der Waals surface area (Å²) in [5.74, 6) is 0.499. The molecule has 0 bridgehead atoms. The molecule has 1 atom stereocenters. The summed E-state index contributed by atoms with van der Waals surface area (Å²) in [6.07, 6.45) is 20.5. The van der Waals surface area contributed by atoms with Gasteiger partial charge < -0.3 is 0 Å². The lowest BCUT2D eigenvalue weighted by Crippen LogP contribution is -2.14. The molecular weight excluding hydrogens is 294 g/mol. The number of hydrogen-bond acceptors (Lipinski definition) is 2. The van der Waals surface area contributed by atoms with Crippen LogP contribution in [0.15, 0.2) is 24.5 Å². The van der Waals surface area contributed by atoms with E-state index in [-0.39, 0.29) is 5.92 Å². The highest BCUT2D eigenvalue weighted by atomic mass is 16.1. The molecule has 0 aliphatic carbocycles. The van der Waals surface area contributed by atoms with E-state index in [1.807, 2.05) is 12.3 Å². The summed E-state index contributed by atoms with van der Waals surface area (Å²) in [6.45, 7) is 4.01. The fourth-order valence-corrected chi connectivity index (χ4v) is 3.31. The Labute approximate surface area is 149 Å². The lowest BCUT2D eigenvalue weighted by atomic mass is 9.91. The Hall–Kier alpha value is -1.18. The van der Waals surface area contributed by atoms with Crippen molar-refractivity contribution < 1.29 is 4.79 Å². The average Bonchev–Trinajstić information content (AvgIpc) is 2.59. The van der Waals surface area contributed by atoms with Crippen LogP contribution in [0.3, 0.4) is 0 Å². The predicted octanol–water partition coefficient (Wildman–Crippen LogP) is 6.53. The molecule has 0 radical (unpaired) electrons. The van der Waals surface area contributed by atoms with Crippen molar-refractivity contribution in [1.82, 2.24) is 4.98 Å². The zero-order valence-electron chi connectivity index (χ0n) is 15.9. The van der Waals surface area contributed by atoms with Gasteiger partial charge in [-0.25, -0.2) is 0 Å². The summed E-state index contributed by atoms with van der Waals surface area (Å²) < 4.78 is 0. The first-order chi connectivity index (χ1) is 11.7. The molecule has 136 valence electrons. The Balaban J connectivity index is 2.02. The first-order valence-corrected chi connectivity index (χ1v) is 10.1. The highest BCUT2D eigenvalue weighted by Crippen LogP contribution is 2.18. The predicted molar refractivity (Wildman–Crippen MR) is 103 cm³/mol. The largest absolute Gasteiger partial charge is 0.300 e. The summed E-state index contributed by atoms with van der Waals surface area (Å²) in [5.41, 5.74) is 1.18. The minimum Gasteiger partial charge on any atom is -0.300 e. The van der Waals surface area contributed by atoms with Gasteiger partial charge in [-0.05, 0) is 31.4 Å². The van der Waals surface area contributed by atoms with Gasteiger partial charge in [-0.1, -0.05) is 83.6 Å². The van der Waals surface area contributed by atoms with Gasteiger partial charge in [0.25, 0.3) is 0 Å². The molecule has 0 aliphatic rings. The molecule has 2 heteroatoms. The van der Waals surface area contributed by atoms with Crippen LogP contribution in [0.2, 0.25) is 0 Å². The molecule has 1 aromatic rings. The van der Waals surface area contributed by atoms with Gasteiger partial charge in [0.05, 0.1) is 0 Å². The molecule has 1 unspecified atom stereocenters. The van der Waals surface area contributed by atoms with Gasteiger partial charge in [-0.2, -0.15) is 0 Å². The number of Topliss-reactive ketones (excluding diaryl/α,β-unsaturated/α-hetero) is 1. The normalized spacial score (nSPS) is 12.2. The van der Waals surface area contributed by atoms with Crippen LogP contribution in [-0.4, -0.2) is 10.8 Å². The van der Waals surface area contributed by atoms with Crippen LogP contribution in [0.5, 0.6) is 0 Å². The first-order valence-electron chi connectivity index (χ1n) is 10.1. The summed E-state index contributed by atoms with van der Waals surface area (Å²) in [4.78, 5) is 16.0. The van der Waals surface area contributed by atoms with E-state index < -0.39 is 0 Å². The minimum absolute atomic E-state index is 0.174. The van der Waals surface area contributed by atoms with Crippen LogP contribution >= 0.6 is 0 Å². The van der Waals surface area contributed by atoms with Gasteiger partial charge >= 0.3 is 0 Å². The Bertz CT molecular complexity index is 415. The summed E-state index contributed by atoms with van der Waals surface area (Å²) >= 11 is 0. The SMILES string of the molecule is CCCCCCCCCCCCCC(Cc1cccnc1)C(C)=O. The molecule has 0 saturated heterocycles. The maximum Gasteiger partial charge on any atom is 0.133 e. The Morgan fingerprint density at radius 1 is 0.958 bits per heavy atom. The highest BCUT2D eigenvalue weighted by molar-refractivity contribution is 5.78. The van der Waals surface area contributed by atoms with Crippen LogP contribution in [0.25, 0.3) is 0 Å². The van der Waals surface area contributed by atoms with E-state index in [0.717, 1.165) is 12.8 Å². The molecule has 0 spiro atoms. The number of pyridine rings is 1. The number of rotatable bonds is 15. The molecule has 24 heavy (non-hydrogen) atoms. The molecule has 2 nitrogen and oxygen atoms in total. The summed E-state index contributed by atoms with van der Waals surface area (Å²) in [6, 6.07) is 4.03. The van der Waals surface area contributed by atoms with Gasteiger partial charge in [0.15, 0.2) is 0 Å². The number of carbonyl (C=O) groups is 1. The van der Waals surface area contributed by atoms with E-state index in [9.17, 15) is 4.79 Å². The second kappa shape index (κ2) is 14.2. The topological polar surface area (TPSA) is 30.0 Å². The van der Waals surface area contributed by atoms with Gasteiger partial charge in [0.2, 0.25) is 0 Å². The molecule has 1 heterocycles. The van der Waals surface area contributed by atoms with E-state index in [0.29, 0.717) is 5.78 Å². The Kier molecular flexibility index (Phi) is 12.3. The third-order valence-electron chi connectivity index (χ3n) is 4.94. The first kappa shape index (κ1) is 20.9. The second-order valence-electron chi connectivity index (χ2n) is 7.20. The molecule has 1 rings (SSSR count). The van der Waals surface area contributed by atoms with Crippen molar-refractivity contribution in [3.63, 3.8) is 0 Å². The third-order valence-corrected chi connectivity index (χ3v) is 4.94. The smallest absolute Gasteiger partial charge is 0.133 e. The van der Waals surface area contributed by atoms with Crippen molar-refractivity contribution in [3.05, 3.63) is 30.1 Å². The number of hydrogen-bond donors (Lipinski definition) is 0. The Morgan fingerprint density at radius 3 is 2.04 bits per heavy atom. The minimum atomic E-state index is 0.174. The fourth-order valence-electron chi connectivity index (χ4n) is 3.31. The number of unbranched alkanes of at least 4 members (excludes halogenated alkanes) is 10. The number of nitrogens with zero attached hydrogens (tertiary/aromatic N) is 1. The van der Waals surface area contributed by atoms with E-state index in [2.05, 4.69) is 18.0 Å². The van der Waals surface area contributed by atoms with E-state index in [1.165, 1.54) is 76.2 Å². The maximum absolute atomic E-state index is 11.8. The van der Waals surface area contributed by atoms with Crippen LogP contribution in [0.1, 0.15) is 96.5 Å². The molecule has 0 aromatic carbocycles. The van der Waals surface area contributed by atoms with Crippen LogP contribution in [-0.2, 0) is 11.2 Å². The van der Waals surface area contributed by atoms with Crippen molar-refractivity contribution in [3.8, 4) is 0 Å². The van der Waals surface area contributed by atoms with Gasteiger partial charge in [-0.15, -0.1) is 0 Å². The zero-order chi connectivity index (χ0) is 17.5. The lowest BCUT2D eigenvalue weighted by Gasteiger charge is -2.13. The van der Waals surface area contributed by atoms with E-state index in [1.54, 1.807) is 13.1 Å². The molecule has 0 amide bonds. The quantitative estimate of drug-likeness (QED) is 0.342. The molecular formula is C22H37NO. The van der Waals surface area contributed by atoms with Crippen LogP contribution in [0, 0.1) is 5.92 Å². The Morgan fingerprint density at radius 2 is 1.54 bits per heavy atom. The van der Waals surface area contributed by atoms with Crippen molar-refractivity contribution in [1.29, 1.82) is 0 Å². The van der Waals surface area contributed by atoms with E-state index >= 15 is 0 Å². The number of carbonyl (C=O) groups excluding carboxylic acids is 1. The van der Waals surface area contributed by atoms with Gasteiger partial charge in [0, 0.05) is 18.3 Å². The second-order valence-corrected chi connectivity index (χ2v) is 7.20. The summed E-state index contributed by atoms with van der Waals surface area (Å²) in [5, 5.41) is 0. The third kappa shape index (κ3) is 10.6. The van der Waals surface area contributed by atoms with Gasteiger partial charge in [0.1, 0.15) is 5.78 Å².